The predicted octanol–water partition coefficient (Wildman–Crippen LogP) is 1.10. The van der Waals surface area contributed by atoms with Crippen molar-refractivity contribution in [3.05, 3.63) is 42.5 Å². The Kier molecular flexibility index (Phi) is 5.41. The summed E-state index contributed by atoms with van der Waals surface area (Å²) in [5, 5.41) is 0. The van der Waals surface area contributed by atoms with Gasteiger partial charge in [0, 0.05) is 38.8 Å². The predicted molar refractivity (Wildman–Crippen MR) is 93.3 cm³/mol. The Bertz CT molecular complexity index is 802. The van der Waals surface area contributed by atoms with Crippen LogP contribution in [0.2, 0.25) is 0 Å². The van der Waals surface area contributed by atoms with Gasteiger partial charge in [-0.2, -0.15) is 0 Å². The topological polar surface area (TPSA) is 73.7 Å². The van der Waals surface area contributed by atoms with Crippen molar-refractivity contribution in [2.45, 2.75) is 17.5 Å². The molecular formula is C17H23N3O4S. The molecular weight excluding hydrogens is 342 g/mol. The van der Waals surface area contributed by atoms with E-state index in [2.05, 4.69) is 9.88 Å². The zero-order chi connectivity index (χ0) is 17.9. The highest BCUT2D eigenvalue weighted by atomic mass is 32.2. The fraction of sp³-hybridized carbons (Fsp3) is 0.471. The molecule has 0 radical (unpaired) electrons. The molecule has 0 bridgehead atoms. The van der Waals surface area contributed by atoms with E-state index >= 15 is 0 Å². The molecule has 3 rings (SSSR count). The van der Waals surface area contributed by atoms with Gasteiger partial charge in [-0.3, -0.25) is 4.90 Å². The molecule has 0 spiro atoms. The van der Waals surface area contributed by atoms with Gasteiger partial charge in [0.1, 0.15) is 17.7 Å². The van der Waals surface area contributed by atoms with Gasteiger partial charge in [0.25, 0.3) is 0 Å². The Morgan fingerprint density at radius 3 is 2.72 bits per heavy atom. The van der Waals surface area contributed by atoms with Gasteiger partial charge in [-0.1, -0.05) is 0 Å². The SMILES string of the molecule is Cn1ccnc1CN1CCOCC(Oc2ccc(S(C)(=O)=O)cc2)C1. The van der Waals surface area contributed by atoms with Crippen LogP contribution in [0.15, 0.2) is 41.6 Å². The van der Waals surface area contributed by atoms with Gasteiger partial charge in [-0.15, -0.1) is 0 Å². The lowest BCUT2D eigenvalue weighted by molar-refractivity contribution is 0.0709. The second kappa shape index (κ2) is 7.55. The van der Waals surface area contributed by atoms with Crippen LogP contribution in [0.25, 0.3) is 0 Å². The smallest absolute Gasteiger partial charge is 0.175 e. The van der Waals surface area contributed by atoms with Gasteiger partial charge in [-0.25, -0.2) is 13.4 Å². The van der Waals surface area contributed by atoms with Crippen LogP contribution < -0.4 is 4.74 Å². The summed E-state index contributed by atoms with van der Waals surface area (Å²) in [4.78, 5) is 6.91. The largest absolute Gasteiger partial charge is 0.487 e. The third-order valence-electron chi connectivity index (χ3n) is 4.16. The number of aromatic nitrogens is 2. The van der Waals surface area contributed by atoms with Gasteiger partial charge < -0.3 is 14.0 Å². The standard InChI is InChI=1S/C17H23N3O4S/c1-19-8-7-18-17(19)12-20-9-10-23-13-15(11-20)24-14-3-5-16(6-4-14)25(2,21)22/h3-8,15H,9-13H2,1-2H3. The number of hydrogen-bond donors (Lipinski definition) is 0. The van der Waals surface area contributed by atoms with Crippen molar-refractivity contribution in [1.29, 1.82) is 0 Å². The number of ether oxygens (including phenoxy) is 2. The Hall–Kier alpha value is -1.90. The molecule has 1 unspecified atom stereocenters. The molecule has 25 heavy (non-hydrogen) atoms. The van der Waals surface area contributed by atoms with E-state index in [9.17, 15) is 8.42 Å². The highest BCUT2D eigenvalue weighted by molar-refractivity contribution is 7.90. The highest BCUT2D eigenvalue weighted by Crippen LogP contribution is 2.18. The molecule has 1 fully saturated rings. The molecule has 1 aliphatic heterocycles. The molecule has 0 aliphatic carbocycles. The van der Waals surface area contributed by atoms with Crippen LogP contribution in [0, 0.1) is 0 Å². The Morgan fingerprint density at radius 1 is 1.32 bits per heavy atom. The number of imidazole rings is 1. The maximum atomic E-state index is 11.5. The first-order chi connectivity index (χ1) is 11.9. The summed E-state index contributed by atoms with van der Waals surface area (Å²) < 4.78 is 36.7. The molecule has 1 aliphatic rings. The molecule has 1 aromatic heterocycles. The van der Waals surface area contributed by atoms with E-state index in [0.29, 0.717) is 19.0 Å². The van der Waals surface area contributed by atoms with E-state index in [4.69, 9.17) is 9.47 Å². The lowest BCUT2D eigenvalue weighted by atomic mass is 10.3. The molecule has 2 aromatic rings. The van der Waals surface area contributed by atoms with Crippen LogP contribution >= 0.6 is 0 Å². The second-order valence-corrected chi connectivity index (χ2v) is 8.26. The number of benzene rings is 1. The molecule has 0 N–H and O–H groups in total. The summed E-state index contributed by atoms with van der Waals surface area (Å²) >= 11 is 0. The van der Waals surface area contributed by atoms with Crippen LogP contribution in [-0.4, -0.2) is 61.5 Å². The molecule has 7 nitrogen and oxygen atoms in total. The first-order valence-corrected chi connectivity index (χ1v) is 10.0. The maximum absolute atomic E-state index is 11.5. The summed E-state index contributed by atoms with van der Waals surface area (Å²) in [7, 11) is -1.22. The molecule has 136 valence electrons. The van der Waals surface area contributed by atoms with Crippen molar-refractivity contribution in [3.63, 3.8) is 0 Å². The number of sulfone groups is 1. The molecule has 8 heteroatoms. The summed E-state index contributed by atoms with van der Waals surface area (Å²) in [6.07, 6.45) is 4.80. The zero-order valence-electron chi connectivity index (χ0n) is 14.5. The van der Waals surface area contributed by atoms with Crippen molar-refractivity contribution >= 4 is 9.84 Å². The highest BCUT2D eigenvalue weighted by Gasteiger charge is 2.21. The van der Waals surface area contributed by atoms with Crippen LogP contribution in [0.3, 0.4) is 0 Å². The van der Waals surface area contributed by atoms with E-state index in [1.807, 2.05) is 17.8 Å². The quantitative estimate of drug-likeness (QED) is 0.790. The average Bonchev–Trinajstić information content (AvgIpc) is 2.82. The molecule has 1 aromatic carbocycles. The Balaban J connectivity index is 1.64. The number of nitrogens with zero attached hydrogens (tertiary/aromatic N) is 3. The summed E-state index contributed by atoms with van der Waals surface area (Å²) in [5.74, 6) is 1.64. The van der Waals surface area contributed by atoms with E-state index in [-0.39, 0.29) is 11.0 Å². The van der Waals surface area contributed by atoms with Crippen molar-refractivity contribution in [3.8, 4) is 5.75 Å². The van der Waals surface area contributed by atoms with E-state index in [1.54, 1.807) is 30.5 Å². The van der Waals surface area contributed by atoms with E-state index in [0.717, 1.165) is 25.5 Å². The minimum Gasteiger partial charge on any atom is -0.487 e. The normalized spacial score (nSPS) is 19.5. The first kappa shape index (κ1) is 17.9. The maximum Gasteiger partial charge on any atom is 0.175 e. The molecule has 2 heterocycles. The first-order valence-electron chi connectivity index (χ1n) is 8.15. The van der Waals surface area contributed by atoms with Gasteiger partial charge in [0.15, 0.2) is 9.84 Å². The monoisotopic (exact) mass is 365 g/mol. The van der Waals surface area contributed by atoms with Crippen LogP contribution in [0.5, 0.6) is 5.75 Å². The fourth-order valence-electron chi connectivity index (χ4n) is 2.76. The van der Waals surface area contributed by atoms with Crippen molar-refractivity contribution < 1.29 is 17.9 Å². The number of rotatable bonds is 5. The molecule has 0 saturated carbocycles. The van der Waals surface area contributed by atoms with Crippen LogP contribution in [0.4, 0.5) is 0 Å². The summed E-state index contributed by atoms with van der Waals surface area (Å²) in [5.41, 5.74) is 0. The summed E-state index contributed by atoms with van der Waals surface area (Å²) in [6.45, 7) is 3.43. The minimum atomic E-state index is -3.20. The second-order valence-electron chi connectivity index (χ2n) is 6.25. The third-order valence-corrected chi connectivity index (χ3v) is 5.29. The van der Waals surface area contributed by atoms with Crippen molar-refractivity contribution in [1.82, 2.24) is 14.5 Å². The molecule has 0 amide bonds. The average molecular weight is 365 g/mol. The van der Waals surface area contributed by atoms with Crippen molar-refractivity contribution in [2.24, 2.45) is 7.05 Å². The van der Waals surface area contributed by atoms with Gasteiger partial charge in [-0.05, 0) is 24.3 Å². The van der Waals surface area contributed by atoms with Crippen molar-refractivity contribution in [2.75, 3.05) is 32.6 Å². The lowest BCUT2D eigenvalue weighted by Gasteiger charge is -2.23. The van der Waals surface area contributed by atoms with Gasteiger partial charge in [0.2, 0.25) is 0 Å². The number of hydrogen-bond acceptors (Lipinski definition) is 6. The van der Waals surface area contributed by atoms with Gasteiger partial charge in [0.05, 0.1) is 24.7 Å². The van der Waals surface area contributed by atoms with Crippen LogP contribution in [-0.2, 0) is 28.2 Å². The number of aryl methyl sites for hydroxylation is 1. The lowest BCUT2D eigenvalue weighted by Crippen LogP contribution is -2.36. The zero-order valence-corrected chi connectivity index (χ0v) is 15.3. The third kappa shape index (κ3) is 4.81. The fourth-order valence-corrected chi connectivity index (χ4v) is 3.39. The molecule has 1 atom stereocenters. The van der Waals surface area contributed by atoms with Crippen LogP contribution in [0.1, 0.15) is 5.82 Å². The Labute approximate surface area is 148 Å². The molecule has 1 saturated heterocycles. The van der Waals surface area contributed by atoms with Gasteiger partial charge >= 0.3 is 0 Å². The van der Waals surface area contributed by atoms with E-state index < -0.39 is 9.84 Å². The van der Waals surface area contributed by atoms with E-state index in [1.165, 1.54) is 6.26 Å². The Morgan fingerprint density at radius 2 is 2.08 bits per heavy atom. The summed E-state index contributed by atoms with van der Waals surface area (Å²) in [6, 6.07) is 6.50. The minimum absolute atomic E-state index is 0.119.